The van der Waals surface area contributed by atoms with E-state index in [0.717, 1.165) is 5.56 Å². The van der Waals surface area contributed by atoms with Crippen LogP contribution in [0.2, 0.25) is 0 Å². The van der Waals surface area contributed by atoms with Gasteiger partial charge >= 0.3 is 5.97 Å². The number of rotatable bonds is 11. The second-order valence-electron chi connectivity index (χ2n) is 9.48. The van der Waals surface area contributed by atoms with E-state index in [1.165, 1.54) is 24.0 Å². The quantitative estimate of drug-likeness (QED) is 0.235. The number of nitrogens with zero attached hydrogens (tertiary/aromatic N) is 1. The van der Waals surface area contributed by atoms with Crippen LogP contribution in [0, 0.1) is 0 Å². The van der Waals surface area contributed by atoms with E-state index in [0.29, 0.717) is 18.4 Å². The Morgan fingerprint density at radius 2 is 1.61 bits per heavy atom. The Kier molecular flexibility index (Phi) is 9.80. The van der Waals surface area contributed by atoms with Gasteiger partial charge in [0.2, 0.25) is 17.7 Å². The predicted octanol–water partition coefficient (Wildman–Crippen LogP) is -0.0693. The smallest absolute Gasteiger partial charge is 0.326 e. The molecule has 1 fully saturated rings. The molecule has 0 aromatic heterocycles. The maximum Gasteiger partial charge on any atom is 0.326 e. The average molecular weight is 527 g/mol. The van der Waals surface area contributed by atoms with Gasteiger partial charge in [0.05, 0.1) is 12.1 Å². The van der Waals surface area contributed by atoms with E-state index < -0.39 is 54.0 Å². The SMILES string of the molecule is CC(O)C(NC(=O)C(N)Cc1ccccc1)C(=O)NC(Cc1ccc(O)cc1)C(=O)N1CCCC1C(=O)O. The lowest BCUT2D eigenvalue weighted by molar-refractivity contribution is -0.149. The van der Waals surface area contributed by atoms with Gasteiger partial charge in [0, 0.05) is 13.0 Å². The van der Waals surface area contributed by atoms with Gasteiger partial charge in [0.25, 0.3) is 0 Å². The first-order valence-corrected chi connectivity index (χ1v) is 12.5. The summed E-state index contributed by atoms with van der Waals surface area (Å²) in [5.41, 5.74) is 7.46. The number of aliphatic carboxylic acids is 1. The molecule has 11 heteroatoms. The zero-order valence-electron chi connectivity index (χ0n) is 21.1. The third-order valence-corrected chi connectivity index (χ3v) is 6.51. The Balaban J connectivity index is 1.76. The van der Waals surface area contributed by atoms with Crippen molar-refractivity contribution in [3.05, 3.63) is 65.7 Å². The van der Waals surface area contributed by atoms with Gasteiger partial charge in [-0.2, -0.15) is 0 Å². The fourth-order valence-corrected chi connectivity index (χ4v) is 4.44. The van der Waals surface area contributed by atoms with Crippen molar-refractivity contribution in [2.24, 2.45) is 5.73 Å². The molecule has 1 aliphatic heterocycles. The predicted molar refractivity (Wildman–Crippen MR) is 138 cm³/mol. The molecular weight excluding hydrogens is 492 g/mol. The normalized spacial score (nSPS) is 18.2. The highest BCUT2D eigenvalue weighted by molar-refractivity contribution is 5.94. The van der Waals surface area contributed by atoms with Crippen molar-refractivity contribution in [3.63, 3.8) is 0 Å². The second-order valence-corrected chi connectivity index (χ2v) is 9.48. The number of aromatic hydroxyl groups is 1. The number of carboxylic acid groups (broad SMARTS) is 1. The van der Waals surface area contributed by atoms with Crippen LogP contribution in [0.3, 0.4) is 0 Å². The first-order valence-electron chi connectivity index (χ1n) is 12.5. The number of aliphatic hydroxyl groups is 1. The third-order valence-electron chi connectivity index (χ3n) is 6.51. The largest absolute Gasteiger partial charge is 0.508 e. The summed E-state index contributed by atoms with van der Waals surface area (Å²) in [7, 11) is 0. The highest BCUT2D eigenvalue weighted by Crippen LogP contribution is 2.20. The van der Waals surface area contributed by atoms with Gasteiger partial charge < -0.3 is 36.6 Å². The van der Waals surface area contributed by atoms with E-state index in [4.69, 9.17) is 5.73 Å². The standard InChI is InChI=1S/C27H34N4O7/c1-16(32)23(30-24(34)20(28)14-17-6-3-2-4-7-17)25(35)29-21(15-18-9-11-19(33)12-10-18)26(36)31-13-5-8-22(31)27(37)38/h2-4,6-7,9-12,16,20-23,32-33H,5,8,13-15,28H2,1H3,(H,29,35)(H,30,34)(H,37,38). The van der Waals surface area contributed by atoms with E-state index >= 15 is 0 Å². The molecule has 1 heterocycles. The molecule has 0 saturated carbocycles. The summed E-state index contributed by atoms with van der Waals surface area (Å²) in [5.74, 6) is -3.17. The Bertz CT molecular complexity index is 1120. The van der Waals surface area contributed by atoms with Crippen LogP contribution in [0.25, 0.3) is 0 Å². The molecule has 2 aromatic rings. The molecule has 1 aliphatic rings. The lowest BCUT2D eigenvalue weighted by Crippen LogP contribution is -2.60. The van der Waals surface area contributed by atoms with Crippen LogP contribution in [0.1, 0.15) is 30.9 Å². The topological polar surface area (TPSA) is 182 Å². The van der Waals surface area contributed by atoms with E-state index in [1.807, 2.05) is 30.3 Å². The molecule has 11 nitrogen and oxygen atoms in total. The van der Waals surface area contributed by atoms with Gasteiger partial charge in [-0.25, -0.2) is 4.79 Å². The number of nitrogens with one attached hydrogen (secondary N) is 2. The summed E-state index contributed by atoms with van der Waals surface area (Å²) in [5, 5.41) is 34.5. The van der Waals surface area contributed by atoms with E-state index in [1.54, 1.807) is 12.1 Å². The van der Waals surface area contributed by atoms with E-state index in [-0.39, 0.29) is 25.1 Å². The molecule has 5 unspecified atom stereocenters. The van der Waals surface area contributed by atoms with Crippen molar-refractivity contribution in [2.75, 3.05) is 6.54 Å². The van der Waals surface area contributed by atoms with Gasteiger partial charge in [-0.15, -0.1) is 0 Å². The number of phenolic OH excluding ortho intramolecular Hbond substituents is 1. The molecule has 5 atom stereocenters. The molecule has 0 bridgehead atoms. The number of aliphatic hydroxyl groups excluding tert-OH is 1. The Morgan fingerprint density at radius 3 is 2.21 bits per heavy atom. The van der Waals surface area contributed by atoms with Crippen LogP contribution in [0.5, 0.6) is 5.75 Å². The molecule has 38 heavy (non-hydrogen) atoms. The average Bonchev–Trinajstić information content (AvgIpc) is 3.38. The maximum atomic E-state index is 13.4. The lowest BCUT2D eigenvalue weighted by atomic mass is 10.0. The van der Waals surface area contributed by atoms with Crippen LogP contribution in [-0.4, -0.2) is 80.7 Å². The van der Waals surface area contributed by atoms with Gasteiger partial charge in [-0.1, -0.05) is 42.5 Å². The van der Waals surface area contributed by atoms with E-state index in [9.17, 15) is 34.5 Å². The van der Waals surface area contributed by atoms with Crippen LogP contribution in [-0.2, 0) is 32.0 Å². The van der Waals surface area contributed by atoms with Gasteiger partial charge in [0.1, 0.15) is 23.9 Å². The number of carbonyl (C=O) groups is 4. The first kappa shape index (κ1) is 28.6. The summed E-state index contributed by atoms with van der Waals surface area (Å²) < 4.78 is 0. The summed E-state index contributed by atoms with van der Waals surface area (Å²) in [6, 6.07) is 10.5. The minimum Gasteiger partial charge on any atom is -0.508 e. The second kappa shape index (κ2) is 13.0. The molecule has 3 amide bonds. The summed E-state index contributed by atoms with van der Waals surface area (Å²) in [4.78, 5) is 52.3. The number of hydrogen-bond acceptors (Lipinski definition) is 7. The third kappa shape index (κ3) is 7.53. The van der Waals surface area contributed by atoms with Crippen molar-refractivity contribution >= 4 is 23.7 Å². The number of nitrogens with two attached hydrogens (primary N) is 1. The Hall–Kier alpha value is -3.96. The number of phenols is 1. The van der Waals surface area contributed by atoms with Crippen molar-refractivity contribution in [1.29, 1.82) is 0 Å². The number of likely N-dealkylation sites (tertiary alicyclic amines) is 1. The molecular formula is C27H34N4O7. The molecule has 0 aliphatic carbocycles. The number of amides is 3. The van der Waals surface area contributed by atoms with Crippen molar-refractivity contribution < 1.29 is 34.5 Å². The fourth-order valence-electron chi connectivity index (χ4n) is 4.44. The summed E-state index contributed by atoms with van der Waals surface area (Å²) in [6.07, 6.45) is -0.289. The summed E-state index contributed by atoms with van der Waals surface area (Å²) in [6.45, 7) is 1.55. The van der Waals surface area contributed by atoms with Crippen LogP contribution in [0.15, 0.2) is 54.6 Å². The molecule has 2 aromatic carbocycles. The molecule has 1 saturated heterocycles. The van der Waals surface area contributed by atoms with Crippen molar-refractivity contribution in [1.82, 2.24) is 15.5 Å². The Labute approximate surface area is 220 Å². The molecule has 3 rings (SSSR count). The highest BCUT2D eigenvalue weighted by atomic mass is 16.4. The number of benzene rings is 2. The summed E-state index contributed by atoms with van der Waals surface area (Å²) >= 11 is 0. The first-order chi connectivity index (χ1) is 18.1. The zero-order valence-corrected chi connectivity index (χ0v) is 21.1. The van der Waals surface area contributed by atoms with E-state index in [2.05, 4.69) is 10.6 Å². The molecule has 0 radical (unpaired) electrons. The molecule has 204 valence electrons. The van der Waals surface area contributed by atoms with Crippen molar-refractivity contribution in [2.45, 2.75) is 62.9 Å². The minimum atomic E-state index is -1.41. The van der Waals surface area contributed by atoms with Crippen LogP contribution < -0.4 is 16.4 Å². The highest BCUT2D eigenvalue weighted by Gasteiger charge is 2.39. The van der Waals surface area contributed by atoms with Gasteiger partial charge in [-0.3, -0.25) is 14.4 Å². The number of carboxylic acids is 1. The van der Waals surface area contributed by atoms with Gasteiger partial charge in [0.15, 0.2) is 0 Å². The minimum absolute atomic E-state index is 0.00168. The zero-order chi connectivity index (χ0) is 27.8. The molecule has 0 spiro atoms. The lowest BCUT2D eigenvalue weighted by Gasteiger charge is -2.29. The van der Waals surface area contributed by atoms with Crippen LogP contribution >= 0.6 is 0 Å². The monoisotopic (exact) mass is 526 g/mol. The van der Waals surface area contributed by atoms with Crippen molar-refractivity contribution in [3.8, 4) is 5.75 Å². The number of hydrogen-bond donors (Lipinski definition) is 6. The van der Waals surface area contributed by atoms with Crippen LogP contribution in [0.4, 0.5) is 0 Å². The maximum absolute atomic E-state index is 13.4. The fraction of sp³-hybridized carbons (Fsp3) is 0.407. The van der Waals surface area contributed by atoms with Gasteiger partial charge in [-0.05, 0) is 49.4 Å². The number of carbonyl (C=O) groups excluding carboxylic acids is 3. The Morgan fingerprint density at radius 1 is 0.974 bits per heavy atom. The molecule has 7 N–H and O–H groups in total.